The molecule has 3 N–H and O–H groups in total. The number of aromatic nitrogens is 2. The summed E-state index contributed by atoms with van der Waals surface area (Å²) in [6.45, 7) is 5.81. The van der Waals surface area contributed by atoms with E-state index in [1.807, 2.05) is 18.2 Å². The highest BCUT2D eigenvalue weighted by molar-refractivity contribution is 5.79. The quantitative estimate of drug-likeness (QED) is 0.794. The number of benzene rings is 1. The highest BCUT2D eigenvalue weighted by Crippen LogP contribution is 2.27. The van der Waals surface area contributed by atoms with Crippen LogP contribution in [0.25, 0.3) is 11.0 Å². The van der Waals surface area contributed by atoms with Crippen LogP contribution < -0.4 is 5.73 Å². The fourth-order valence-electron chi connectivity index (χ4n) is 2.38. The number of hydrogen-bond donors (Lipinski definition) is 2. The number of nitrogens with two attached hydrogens (primary N) is 1. The Balaban J connectivity index is 2.37. The summed E-state index contributed by atoms with van der Waals surface area (Å²) in [7, 11) is 1.71. The molecule has 0 saturated carbocycles. The van der Waals surface area contributed by atoms with Crippen molar-refractivity contribution in [3.05, 3.63) is 24.0 Å². The summed E-state index contributed by atoms with van der Waals surface area (Å²) in [4.78, 5) is 4.46. The van der Waals surface area contributed by atoms with Crippen LogP contribution in [0.2, 0.25) is 0 Å². The molecule has 1 aromatic heterocycles. The van der Waals surface area contributed by atoms with Crippen molar-refractivity contribution in [3.8, 4) is 0 Å². The zero-order valence-electron chi connectivity index (χ0n) is 12.4. The molecule has 110 valence electrons. The average Bonchev–Trinajstić information content (AvgIpc) is 2.73. The molecule has 1 aromatic carbocycles. The van der Waals surface area contributed by atoms with Gasteiger partial charge in [0, 0.05) is 25.9 Å². The average molecular weight is 277 g/mol. The van der Waals surface area contributed by atoms with E-state index in [0.29, 0.717) is 11.5 Å². The van der Waals surface area contributed by atoms with Gasteiger partial charge in [-0.1, -0.05) is 13.8 Å². The third kappa shape index (κ3) is 3.11. The van der Waals surface area contributed by atoms with E-state index in [2.05, 4.69) is 23.4 Å². The second-order valence-corrected chi connectivity index (χ2v) is 5.93. The Labute approximate surface area is 119 Å². The van der Waals surface area contributed by atoms with Crippen LogP contribution in [0.5, 0.6) is 0 Å². The minimum atomic E-state index is -0.0745. The first-order valence-electron chi connectivity index (χ1n) is 6.81. The summed E-state index contributed by atoms with van der Waals surface area (Å²) in [5.74, 6) is 0.677. The van der Waals surface area contributed by atoms with Crippen LogP contribution in [0.1, 0.15) is 26.1 Å². The monoisotopic (exact) mass is 277 g/mol. The number of nitrogen functional groups attached to an aromatic ring is 1. The van der Waals surface area contributed by atoms with Gasteiger partial charge in [0.15, 0.2) is 0 Å². The Morgan fingerprint density at radius 1 is 1.40 bits per heavy atom. The van der Waals surface area contributed by atoms with E-state index in [9.17, 15) is 5.11 Å². The lowest BCUT2D eigenvalue weighted by Gasteiger charge is -2.26. The molecule has 0 aliphatic heterocycles. The number of methoxy groups -OCH3 is 1. The van der Waals surface area contributed by atoms with Gasteiger partial charge in [0.25, 0.3) is 0 Å². The fraction of sp³-hybridized carbons (Fsp3) is 0.533. The van der Waals surface area contributed by atoms with Crippen LogP contribution in [0.3, 0.4) is 0 Å². The third-order valence-corrected chi connectivity index (χ3v) is 3.56. The first kappa shape index (κ1) is 14.8. The molecule has 2 aromatic rings. The minimum Gasteiger partial charge on any atom is -0.399 e. The number of nitrogens with zero attached hydrogens (tertiary/aromatic N) is 2. The maximum Gasteiger partial charge on any atom is 0.135 e. The number of aliphatic hydroxyl groups excluding tert-OH is 1. The van der Waals surface area contributed by atoms with Crippen molar-refractivity contribution < 1.29 is 9.84 Å². The topological polar surface area (TPSA) is 73.3 Å². The standard InChI is InChI=1S/C15H23N3O2/c1-15(2,6-7-20-3)10-18-13-5-4-11(16)8-12(13)17-14(18)9-19/h4-5,8,19H,6-7,9-10,16H2,1-3H3. The van der Waals surface area contributed by atoms with Crippen LogP contribution in [0, 0.1) is 5.41 Å². The normalized spacial score (nSPS) is 12.2. The van der Waals surface area contributed by atoms with Gasteiger partial charge in [-0.3, -0.25) is 0 Å². The smallest absolute Gasteiger partial charge is 0.135 e. The van der Waals surface area contributed by atoms with Gasteiger partial charge >= 0.3 is 0 Å². The highest BCUT2D eigenvalue weighted by Gasteiger charge is 2.21. The molecule has 0 unspecified atom stereocenters. The number of rotatable bonds is 6. The molecular formula is C15H23N3O2. The minimum absolute atomic E-state index is 0.0644. The molecule has 0 saturated heterocycles. The van der Waals surface area contributed by atoms with Gasteiger partial charge in [0.1, 0.15) is 12.4 Å². The second-order valence-electron chi connectivity index (χ2n) is 5.93. The van der Waals surface area contributed by atoms with Crippen LogP contribution in [-0.2, 0) is 17.9 Å². The molecule has 20 heavy (non-hydrogen) atoms. The number of anilines is 1. The molecule has 0 atom stereocenters. The van der Waals surface area contributed by atoms with Crippen molar-refractivity contribution in [2.24, 2.45) is 5.41 Å². The van der Waals surface area contributed by atoms with Crippen molar-refractivity contribution in [2.75, 3.05) is 19.5 Å². The van der Waals surface area contributed by atoms with Crippen LogP contribution in [0.4, 0.5) is 5.69 Å². The zero-order chi connectivity index (χ0) is 14.8. The van der Waals surface area contributed by atoms with Gasteiger partial charge in [-0.25, -0.2) is 4.98 Å². The number of ether oxygens (including phenoxy) is 1. The van der Waals surface area contributed by atoms with Gasteiger partial charge in [-0.15, -0.1) is 0 Å². The number of aliphatic hydroxyl groups is 1. The van der Waals surface area contributed by atoms with E-state index in [1.54, 1.807) is 7.11 Å². The van der Waals surface area contributed by atoms with E-state index >= 15 is 0 Å². The molecule has 5 nitrogen and oxygen atoms in total. The van der Waals surface area contributed by atoms with Crippen molar-refractivity contribution in [3.63, 3.8) is 0 Å². The summed E-state index contributed by atoms with van der Waals surface area (Å²) >= 11 is 0. The molecule has 0 fully saturated rings. The SMILES string of the molecule is COCCC(C)(C)Cn1c(CO)nc2cc(N)ccc21. The van der Waals surface area contributed by atoms with E-state index in [-0.39, 0.29) is 12.0 Å². The number of imidazole rings is 1. The van der Waals surface area contributed by atoms with Gasteiger partial charge < -0.3 is 20.1 Å². The molecular weight excluding hydrogens is 254 g/mol. The molecule has 0 amide bonds. The Morgan fingerprint density at radius 3 is 2.80 bits per heavy atom. The molecule has 0 aliphatic carbocycles. The molecule has 1 heterocycles. The van der Waals surface area contributed by atoms with Gasteiger partial charge in [0.2, 0.25) is 0 Å². The highest BCUT2D eigenvalue weighted by atomic mass is 16.5. The summed E-state index contributed by atoms with van der Waals surface area (Å²) in [6.07, 6.45) is 0.947. The fourth-order valence-corrected chi connectivity index (χ4v) is 2.38. The van der Waals surface area contributed by atoms with Crippen LogP contribution in [-0.4, -0.2) is 28.4 Å². The summed E-state index contributed by atoms with van der Waals surface area (Å²) in [6, 6.07) is 5.67. The van der Waals surface area contributed by atoms with Crippen LogP contribution >= 0.6 is 0 Å². The second kappa shape index (κ2) is 5.81. The van der Waals surface area contributed by atoms with Crippen molar-refractivity contribution in [1.82, 2.24) is 9.55 Å². The summed E-state index contributed by atoms with van der Waals surface area (Å²) in [5.41, 5.74) is 8.38. The van der Waals surface area contributed by atoms with Crippen molar-refractivity contribution in [2.45, 2.75) is 33.4 Å². The van der Waals surface area contributed by atoms with Crippen LogP contribution in [0.15, 0.2) is 18.2 Å². The van der Waals surface area contributed by atoms with E-state index in [0.717, 1.165) is 30.6 Å². The lowest BCUT2D eigenvalue weighted by molar-refractivity contribution is 0.141. The zero-order valence-corrected chi connectivity index (χ0v) is 12.4. The lowest BCUT2D eigenvalue weighted by Crippen LogP contribution is -2.22. The molecule has 0 radical (unpaired) electrons. The van der Waals surface area contributed by atoms with E-state index < -0.39 is 0 Å². The molecule has 0 bridgehead atoms. The van der Waals surface area contributed by atoms with Gasteiger partial charge in [-0.05, 0) is 30.0 Å². The molecule has 0 spiro atoms. The number of fused-ring (bicyclic) bond motifs is 1. The van der Waals surface area contributed by atoms with Crippen molar-refractivity contribution >= 4 is 16.7 Å². The maximum absolute atomic E-state index is 9.52. The maximum atomic E-state index is 9.52. The molecule has 0 aliphatic rings. The number of hydrogen-bond acceptors (Lipinski definition) is 4. The third-order valence-electron chi connectivity index (χ3n) is 3.56. The van der Waals surface area contributed by atoms with Gasteiger partial charge in [-0.2, -0.15) is 0 Å². The van der Waals surface area contributed by atoms with E-state index in [1.165, 1.54) is 0 Å². The van der Waals surface area contributed by atoms with Gasteiger partial charge in [0.05, 0.1) is 11.0 Å². The Bertz CT molecular complexity index is 590. The molecule has 5 heteroatoms. The summed E-state index contributed by atoms with van der Waals surface area (Å²) < 4.78 is 7.24. The Kier molecular flexibility index (Phi) is 4.30. The predicted molar refractivity (Wildman–Crippen MR) is 80.3 cm³/mol. The predicted octanol–water partition coefficient (Wildman–Crippen LogP) is 2.17. The largest absolute Gasteiger partial charge is 0.399 e. The van der Waals surface area contributed by atoms with Crippen molar-refractivity contribution in [1.29, 1.82) is 0 Å². The van der Waals surface area contributed by atoms with E-state index in [4.69, 9.17) is 10.5 Å². The lowest BCUT2D eigenvalue weighted by atomic mass is 9.89. The Morgan fingerprint density at radius 2 is 2.15 bits per heavy atom. The molecule has 2 rings (SSSR count). The first-order chi connectivity index (χ1) is 9.46. The Hall–Kier alpha value is -1.59. The summed E-state index contributed by atoms with van der Waals surface area (Å²) in [5, 5.41) is 9.52. The first-order valence-corrected chi connectivity index (χ1v) is 6.81.